The van der Waals surface area contributed by atoms with Gasteiger partial charge in [-0.1, -0.05) is 60.7 Å². The monoisotopic (exact) mass is 323 g/mol. The Balaban J connectivity index is 1.78. The summed E-state index contributed by atoms with van der Waals surface area (Å²) in [5.74, 6) is 0.0725. The molecule has 2 aromatic carbocycles. The largest absolute Gasteiger partial charge is 0.459 e. The van der Waals surface area contributed by atoms with Crippen LogP contribution in [0, 0.1) is 0 Å². The van der Waals surface area contributed by atoms with Crippen molar-refractivity contribution in [2.45, 2.75) is 44.9 Å². The second-order valence-corrected chi connectivity index (χ2v) is 7.41. The molecule has 0 radical (unpaired) electrons. The van der Waals surface area contributed by atoms with E-state index in [0.29, 0.717) is 0 Å². The van der Waals surface area contributed by atoms with E-state index in [0.717, 1.165) is 13.1 Å². The normalized spacial score (nSPS) is 21.1. The molecule has 126 valence electrons. The van der Waals surface area contributed by atoms with Crippen LogP contribution in [0.25, 0.3) is 0 Å². The predicted octanol–water partition coefficient (Wildman–Crippen LogP) is 4.00. The Morgan fingerprint density at radius 2 is 1.62 bits per heavy atom. The summed E-state index contributed by atoms with van der Waals surface area (Å²) in [6.07, 6.45) is 0. The Bertz CT molecular complexity index is 676. The molecule has 2 atom stereocenters. The van der Waals surface area contributed by atoms with E-state index in [1.807, 2.05) is 57.2 Å². The molecule has 0 N–H and O–H groups in total. The average Bonchev–Trinajstić information content (AvgIpc) is 2.51. The van der Waals surface area contributed by atoms with E-state index in [-0.39, 0.29) is 17.9 Å². The highest BCUT2D eigenvalue weighted by atomic mass is 16.6. The van der Waals surface area contributed by atoms with Crippen molar-refractivity contribution in [3.63, 3.8) is 0 Å². The first-order valence-corrected chi connectivity index (χ1v) is 8.50. The molecule has 0 bridgehead atoms. The second kappa shape index (κ2) is 6.78. The predicted molar refractivity (Wildman–Crippen MR) is 95.7 cm³/mol. The number of rotatable bonds is 4. The van der Waals surface area contributed by atoms with Gasteiger partial charge < -0.3 is 4.74 Å². The van der Waals surface area contributed by atoms with Crippen molar-refractivity contribution in [2.24, 2.45) is 0 Å². The first-order chi connectivity index (χ1) is 11.4. The average molecular weight is 323 g/mol. The van der Waals surface area contributed by atoms with E-state index in [1.54, 1.807) is 0 Å². The minimum Gasteiger partial charge on any atom is -0.459 e. The zero-order valence-corrected chi connectivity index (χ0v) is 14.6. The quantitative estimate of drug-likeness (QED) is 0.797. The third kappa shape index (κ3) is 3.85. The van der Waals surface area contributed by atoms with Crippen LogP contribution in [0.2, 0.25) is 0 Å². The van der Waals surface area contributed by atoms with Gasteiger partial charge in [0.2, 0.25) is 0 Å². The highest BCUT2D eigenvalue weighted by Crippen LogP contribution is 2.36. The van der Waals surface area contributed by atoms with Crippen LogP contribution in [0.4, 0.5) is 0 Å². The molecular formula is C21H25NO2. The van der Waals surface area contributed by atoms with Crippen LogP contribution >= 0.6 is 0 Å². The summed E-state index contributed by atoms with van der Waals surface area (Å²) in [6.45, 7) is 7.41. The van der Waals surface area contributed by atoms with Gasteiger partial charge in [-0.2, -0.15) is 0 Å². The molecule has 0 amide bonds. The molecule has 1 saturated heterocycles. The van der Waals surface area contributed by atoms with Gasteiger partial charge in [-0.05, 0) is 31.9 Å². The molecule has 0 aromatic heterocycles. The number of likely N-dealkylation sites (tertiary alicyclic amines) is 1. The summed E-state index contributed by atoms with van der Waals surface area (Å²) >= 11 is 0. The third-order valence-electron chi connectivity index (χ3n) is 4.31. The maximum absolute atomic E-state index is 12.8. The number of nitrogens with zero attached hydrogens (tertiary/aromatic N) is 1. The van der Waals surface area contributed by atoms with Crippen LogP contribution in [0.15, 0.2) is 60.7 Å². The van der Waals surface area contributed by atoms with Crippen molar-refractivity contribution in [2.75, 3.05) is 6.54 Å². The van der Waals surface area contributed by atoms with Crippen molar-refractivity contribution in [3.8, 4) is 0 Å². The van der Waals surface area contributed by atoms with Gasteiger partial charge >= 0.3 is 5.97 Å². The first kappa shape index (κ1) is 16.7. The molecule has 0 aliphatic carbocycles. The molecule has 1 heterocycles. The lowest BCUT2D eigenvalue weighted by Gasteiger charge is -2.47. The van der Waals surface area contributed by atoms with E-state index in [2.05, 4.69) is 29.2 Å². The summed E-state index contributed by atoms with van der Waals surface area (Å²) in [5, 5.41) is 0. The van der Waals surface area contributed by atoms with Gasteiger partial charge in [0.05, 0.1) is 0 Å². The standard InChI is InChI=1S/C21H25NO2/c1-21(2,3)24-20(23)19-18(17-12-8-5-9-13-17)15-22(19)14-16-10-6-4-7-11-16/h4-13,18-19H,14-15H2,1-3H3/t18-,19-/m1/s1. The number of hydrogen-bond donors (Lipinski definition) is 0. The van der Waals surface area contributed by atoms with E-state index >= 15 is 0 Å². The Labute approximate surface area is 144 Å². The maximum Gasteiger partial charge on any atom is 0.324 e. The first-order valence-electron chi connectivity index (χ1n) is 8.50. The van der Waals surface area contributed by atoms with Crippen molar-refractivity contribution in [1.29, 1.82) is 0 Å². The number of carbonyl (C=O) groups excluding carboxylic acids is 1. The van der Waals surface area contributed by atoms with E-state index < -0.39 is 5.60 Å². The van der Waals surface area contributed by atoms with Gasteiger partial charge in [0.15, 0.2) is 0 Å². The topological polar surface area (TPSA) is 29.5 Å². The molecule has 0 spiro atoms. The van der Waals surface area contributed by atoms with E-state index in [9.17, 15) is 4.79 Å². The molecule has 3 nitrogen and oxygen atoms in total. The van der Waals surface area contributed by atoms with Crippen LogP contribution < -0.4 is 0 Å². The van der Waals surface area contributed by atoms with Crippen LogP contribution in [0.3, 0.4) is 0 Å². The number of hydrogen-bond acceptors (Lipinski definition) is 3. The van der Waals surface area contributed by atoms with Crippen LogP contribution in [0.1, 0.15) is 37.8 Å². The molecule has 0 unspecified atom stereocenters. The van der Waals surface area contributed by atoms with Crippen LogP contribution in [-0.2, 0) is 16.1 Å². The summed E-state index contributed by atoms with van der Waals surface area (Å²) in [6, 6.07) is 20.3. The highest BCUT2D eigenvalue weighted by Gasteiger charge is 2.46. The smallest absolute Gasteiger partial charge is 0.324 e. The zero-order valence-electron chi connectivity index (χ0n) is 14.6. The molecule has 24 heavy (non-hydrogen) atoms. The SMILES string of the molecule is CC(C)(C)OC(=O)[C@H]1[C@@H](c2ccccc2)CN1Cc1ccccc1. The zero-order chi connectivity index (χ0) is 17.2. The Morgan fingerprint density at radius 3 is 2.21 bits per heavy atom. The van der Waals surface area contributed by atoms with Gasteiger partial charge in [-0.15, -0.1) is 0 Å². The third-order valence-corrected chi connectivity index (χ3v) is 4.31. The molecule has 1 aliphatic heterocycles. The van der Waals surface area contributed by atoms with Crippen molar-refractivity contribution in [3.05, 3.63) is 71.8 Å². The van der Waals surface area contributed by atoms with Crippen molar-refractivity contribution < 1.29 is 9.53 Å². The molecule has 1 fully saturated rings. The number of esters is 1. The maximum atomic E-state index is 12.8. The lowest BCUT2D eigenvalue weighted by Crippen LogP contribution is -2.59. The minimum atomic E-state index is -0.466. The fourth-order valence-corrected chi connectivity index (χ4v) is 3.23. The summed E-state index contributed by atoms with van der Waals surface area (Å²) in [4.78, 5) is 15.0. The fraction of sp³-hybridized carbons (Fsp3) is 0.381. The summed E-state index contributed by atoms with van der Waals surface area (Å²) in [5.41, 5.74) is 1.96. The Morgan fingerprint density at radius 1 is 1.04 bits per heavy atom. The molecule has 0 saturated carbocycles. The van der Waals surface area contributed by atoms with Gasteiger partial charge in [0.1, 0.15) is 11.6 Å². The van der Waals surface area contributed by atoms with Crippen LogP contribution in [0.5, 0.6) is 0 Å². The lowest BCUT2D eigenvalue weighted by molar-refractivity contribution is -0.168. The molecular weight excluding hydrogens is 298 g/mol. The molecule has 3 rings (SSSR count). The highest BCUT2D eigenvalue weighted by molar-refractivity contribution is 5.79. The molecule has 2 aromatic rings. The van der Waals surface area contributed by atoms with Crippen molar-refractivity contribution >= 4 is 5.97 Å². The Hall–Kier alpha value is -2.13. The van der Waals surface area contributed by atoms with Gasteiger partial charge in [-0.3, -0.25) is 9.69 Å². The van der Waals surface area contributed by atoms with E-state index in [1.165, 1.54) is 11.1 Å². The lowest BCUT2D eigenvalue weighted by atomic mass is 9.82. The van der Waals surface area contributed by atoms with E-state index in [4.69, 9.17) is 4.74 Å². The van der Waals surface area contributed by atoms with Gasteiger partial charge in [0, 0.05) is 19.0 Å². The number of carbonyl (C=O) groups is 1. The Kier molecular flexibility index (Phi) is 4.72. The fourth-order valence-electron chi connectivity index (χ4n) is 3.23. The van der Waals surface area contributed by atoms with Crippen LogP contribution in [-0.4, -0.2) is 29.1 Å². The van der Waals surface area contributed by atoms with Crippen molar-refractivity contribution in [1.82, 2.24) is 4.90 Å². The summed E-state index contributed by atoms with van der Waals surface area (Å²) < 4.78 is 5.68. The van der Waals surface area contributed by atoms with Gasteiger partial charge in [-0.25, -0.2) is 0 Å². The van der Waals surface area contributed by atoms with Gasteiger partial charge in [0.25, 0.3) is 0 Å². The second-order valence-electron chi connectivity index (χ2n) is 7.41. The summed E-state index contributed by atoms with van der Waals surface area (Å²) in [7, 11) is 0. The number of benzene rings is 2. The minimum absolute atomic E-state index is 0.126. The molecule has 3 heteroatoms. The number of ether oxygens (including phenoxy) is 1. The molecule has 1 aliphatic rings.